The number of carbonyl (C=O) groups is 3. The Labute approximate surface area is 260 Å². The van der Waals surface area contributed by atoms with E-state index in [1.54, 1.807) is 15.9 Å². The van der Waals surface area contributed by atoms with Crippen molar-refractivity contribution in [1.29, 1.82) is 0 Å². The molecule has 3 aliphatic heterocycles. The quantitative estimate of drug-likeness (QED) is 0.153. The highest BCUT2D eigenvalue weighted by molar-refractivity contribution is 6.05. The van der Waals surface area contributed by atoms with E-state index in [9.17, 15) is 19.5 Å². The standard InChI is InChI=1S/C36H46N2O6/c1-4-7-8-14-24-43-34(42)30-29-32(40)38(22-12-9-13-23-39)31(36(29)20-19-35(30,6-3)44-36)33(41)37(21-5-2)28-18-17-26-15-10-11-16-27(26)25-28/h4-5,10-11,15-18,25,29-31,39H,1-2,6-9,12-14,19-24H2,3H3/t29-,30+,31?,35-,36?/m0/s1. The molecule has 3 heterocycles. The van der Waals surface area contributed by atoms with E-state index in [1.165, 1.54) is 0 Å². The number of likely N-dealkylation sites (tertiary alicyclic amines) is 1. The van der Waals surface area contributed by atoms with Gasteiger partial charge in [-0.05, 0) is 80.7 Å². The second kappa shape index (κ2) is 13.7. The molecule has 2 aromatic rings. The summed E-state index contributed by atoms with van der Waals surface area (Å²) in [7, 11) is 0. The van der Waals surface area contributed by atoms with E-state index >= 15 is 0 Å². The van der Waals surface area contributed by atoms with E-state index in [1.807, 2.05) is 55.5 Å². The number of esters is 1. The first kappa shape index (κ1) is 31.9. The maximum atomic E-state index is 14.8. The summed E-state index contributed by atoms with van der Waals surface area (Å²) in [6, 6.07) is 13.0. The first-order chi connectivity index (χ1) is 21.4. The van der Waals surface area contributed by atoms with Crippen LogP contribution in [0.2, 0.25) is 0 Å². The number of aliphatic hydroxyl groups excluding tert-OH is 1. The molecule has 236 valence electrons. The molecule has 3 saturated heterocycles. The third-order valence-electron chi connectivity index (χ3n) is 9.90. The molecule has 0 radical (unpaired) electrons. The lowest BCUT2D eigenvalue weighted by Gasteiger charge is -2.37. The molecule has 2 amide bonds. The lowest BCUT2D eigenvalue weighted by atomic mass is 9.65. The molecule has 3 fully saturated rings. The van der Waals surface area contributed by atoms with E-state index in [2.05, 4.69) is 13.2 Å². The second-order valence-corrected chi connectivity index (χ2v) is 12.4. The van der Waals surface area contributed by atoms with Crippen LogP contribution in [-0.4, -0.2) is 71.3 Å². The van der Waals surface area contributed by atoms with Crippen molar-refractivity contribution < 1.29 is 29.0 Å². The number of hydrogen-bond acceptors (Lipinski definition) is 6. The molecule has 5 rings (SSSR count). The number of nitrogens with zero attached hydrogens (tertiary/aromatic N) is 2. The van der Waals surface area contributed by atoms with E-state index in [0.29, 0.717) is 45.1 Å². The second-order valence-electron chi connectivity index (χ2n) is 12.4. The van der Waals surface area contributed by atoms with Gasteiger partial charge in [0.2, 0.25) is 5.91 Å². The molecular formula is C36H46N2O6. The maximum Gasteiger partial charge on any atom is 0.312 e. The largest absolute Gasteiger partial charge is 0.465 e. The molecule has 2 bridgehead atoms. The summed E-state index contributed by atoms with van der Waals surface area (Å²) < 4.78 is 12.7. The van der Waals surface area contributed by atoms with E-state index in [-0.39, 0.29) is 31.6 Å². The van der Waals surface area contributed by atoms with Crippen molar-refractivity contribution in [2.45, 2.75) is 82.0 Å². The number of fused-ring (bicyclic) bond motifs is 2. The molecule has 5 atom stereocenters. The fourth-order valence-electron chi connectivity index (χ4n) is 7.76. The topological polar surface area (TPSA) is 96.4 Å². The molecule has 8 heteroatoms. The number of hydrogen-bond donors (Lipinski definition) is 1. The van der Waals surface area contributed by atoms with Crippen LogP contribution >= 0.6 is 0 Å². The third kappa shape index (κ3) is 5.58. The highest BCUT2D eigenvalue weighted by Gasteiger charge is 2.79. The van der Waals surface area contributed by atoms with Crippen LogP contribution in [-0.2, 0) is 23.9 Å². The first-order valence-corrected chi connectivity index (χ1v) is 16.2. The van der Waals surface area contributed by atoms with Gasteiger partial charge in [0.25, 0.3) is 5.91 Å². The molecule has 2 aromatic carbocycles. The predicted octanol–water partition coefficient (Wildman–Crippen LogP) is 5.58. The van der Waals surface area contributed by atoms with E-state index in [4.69, 9.17) is 9.47 Å². The molecule has 44 heavy (non-hydrogen) atoms. The molecule has 1 spiro atoms. The summed E-state index contributed by atoms with van der Waals surface area (Å²) in [5.74, 6) is -2.40. The zero-order valence-electron chi connectivity index (χ0n) is 25.9. The first-order valence-electron chi connectivity index (χ1n) is 16.2. The van der Waals surface area contributed by atoms with Crippen LogP contribution in [0, 0.1) is 11.8 Å². The number of aliphatic hydroxyl groups is 1. The van der Waals surface area contributed by atoms with Gasteiger partial charge in [-0.25, -0.2) is 0 Å². The van der Waals surface area contributed by atoms with Gasteiger partial charge < -0.3 is 24.4 Å². The van der Waals surface area contributed by atoms with Crippen LogP contribution in [0.15, 0.2) is 67.8 Å². The average molecular weight is 603 g/mol. The van der Waals surface area contributed by atoms with Crippen LogP contribution in [0.25, 0.3) is 10.8 Å². The van der Waals surface area contributed by atoms with Crippen molar-refractivity contribution in [3.05, 3.63) is 67.8 Å². The highest BCUT2D eigenvalue weighted by Crippen LogP contribution is 2.64. The Bertz CT molecular complexity index is 1390. The van der Waals surface area contributed by atoms with Gasteiger partial charge in [-0.3, -0.25) is 14.4 Å². The summed E-state index contributed by atoms with van der Waals surface area (Å²) in [5, 5.41) is 11.4. The molecule has 1 N–H and O–H groups in total. The zero-order valence-corrected chi connectivity index (χ0v) is 25.9. The Kier molecular flexibility index (Phi) is 9.90. The average Bonchev–Trinajstić information content (AvgIpc) is 3.64. The Morgan fingerprint density at radius 1 is 1.07 bits per heavy atom. The number of amides is 2. The smallest absolute Gasteiger partial charge is 0.312 e. The molecule has 8 nitrogen and oxygen atoms in total. The number of benzene rings is 2. The molecule has 0 saturated carbocycles. The summed E-state index contributed by atoms with van der Waals surface area (Å²) in [5.41, 5.74) is -1.25. The van der Waals surface area contributed by atoms with E-state index < -0.39 is 35.0 Å². The van der Waals surface area contributed by atoms with Crippen LogP contribution in [0.3, 0.4) is 0 Å². The predicted molar refractivity (Wildman–Crippen MR) is 171 cm³/mol. The summed E-state index contributed by atoms with van der Waals surface area (Å²) in [6.45, 7) is 10.6. The van der Waals surface area contributed by atoms with Gasteiger partial charge in [0.05, 0.1) is 18.1 Å². The minimum Gasteiger partial charge on any atom is -0.465 e. The SMILES string of the molecule is C=CCCCCOC(=O)[C@H]1[C@H]2C(=O)N(CCCCCO)C(C(=O)N(CC=C)c3ccc4ccccc4c3)C23CC[C@]1(CC)O3. The molecule has 0 aromatic heterocycles. The summed E-state index contributed by atoms with van der Waals surface area (Å²) in [6.07, 6.45) is 9.59. The highest BCUT2D eigenvalue weighted by atomic mass is 16.6. The van der Waals surface area contributed by atoms with Gasteiger partial charge in [0.1, 0.15) is 17.6 Å². The number of rotatable bonds is 16. The van der Waals surface area contributed by atoms with Gasteiger partial charge in [0.15, 0.2) is 0 Å². The number of unbranched alkanes of at least 4 members (excludes halogenated alkanes) is 4. The monoisotopic (exact) mass is 602 g/mol. The van der Waals surface area contributed by atoms with Gasteiger partial charge in [-0.2, -0.15) is 0 Å². The molecule has 3 aliphatic rings. The van der Waals surface area contributed by atoms with Gasteiger partial charge in [0, 0.05) is 25.4 Å². The lowest BCUT2D eigenvalue weighted by molar-refractivity contribution is -0.161. The third-order valence-corrected chi connectivity index (χ3v) is 9.90. The van der Waals surface area contributed by atoms with Gasteiger partial charge in [-0.15, -0.1) is 13.2 Å². The zero-order chi connectivity index (χ0) is 31.3. The van der Waals surface area contributed by atoms with Crippen LogP contribution in [0.5, 0.6) is 0 Å². The van der Waals surface area contributed by atoms with Crippen molar-refractivity contribution in [2.75, 3.05) is 31.2 Å². The van der Waals surface area contributed by atoms with Crippen LogP contribution in [0.4, 0.5) is 5.69 Å². The Morgan fingerprint density at radius 3 is 2.59 bits per heavy atom. The van der Waals surface area contributed by atoms with Crippen molar-refractivity contribution in [1.82, 2.24) is 4.90 Å². The van der Waals surface area contributed by atoms with Crippen LogP contribution in [0.1, 0.15) is 64.7 Å². The van der Waals surface area contributed by atoms with Crippen molar-refractivity contribution >= 4 is 34.2 Å². The normalized spacial score (nSPS) is 27.0. The van der Waals surface area contributed by atoms with Crippen molar-refractivity contribution in [2.24, 2.45) is 11.8 Å². The lowest BCUT2D eigenvalue weighted by Crippen LogP contribution is -2.56. The van der Waals surface area contributed by atoms with Crippen LogP contribution < -0.4 is 4.90 Å². The van der Waals surface area contributed by atoms with Gasteiger partial charge in [-0.1, -0.05) is 49.4 Å². The maximum absolute atomic E-state index is 14.8. The van der Waals surface area contributed by atoms with Crippen molar-refractivity contribution in [3.8, 4) is 0 Å². The molecule has 0 aliphatic carbocycles. The Balaban J connectivity index is 1.51. The number of ether oxygens (including phenoxy) is 2. The summed E-state index contributed by atoms with van der Waals surface area (Å²) >= 11 is 0. The van der Waals surface area contributed by atoms with Crippen molar-refractivity contribution in [3.63, 3.8) is 0 Å². The minimum absolute atomic E-state index is 0.0702. The summed E-state index contributed by atoms with van der Waals surface area (Å²) in [4.78, 5) is 46.3. The Hall–Kier alpha value is -3.49. The molecule has 2 unspecified atom stereocenters. The number of anilines is 1. The minimum atomic E-state index is -1.12. The fourth-order valence-corrected chi connectivity index (χ4v) is 7.76. The number of carbonyl (C=O) groups excluding carboxylic acids is 3. The Morgan fingerprint density at radius 2 is 1.86 bits per heavy atom. The van der Waals surface area contributed by atoms with Gasteiger partial charge >= 0.3 is 5.97 Å². The number of allylic oxidation sites excluding steroid dienone is 1. The fraction of sp³-hybridized carbons (Fsp3) is 0.528. The molecular weight excluding hydrogens is 556 g/mol. The van der Waals surface area contributed by atoms with E-state index in [0.717, 1.165) is 35.7 Å².